The molecule has 0 spiro atoms. The molecule has 90 valence electrons. The first-order valence-corrected chi connectivity index (χ1v) is 6.28. The molecule has 0 atom stereocenters. The summed E-state index contributed by atoms with van der Waals surface area (Å²) in [5.41, 5.74) is 6.15. The zero-order valence-electron chi connectivity index (χ0n) is 9.36. The summed E-state index contributed by atoms with van der Waals surface area (Å²) in [5.74, 6) is -0.372. The normalized spacial score (nSPS) is 10.6. The van der Waals surface area contributed by atoms with Crippen LogP contribution in [0.4, 0.5) is 10.1 Å². The number of hydrogen-bond donors (Lipinski definition) is 1. The van der Waals surface area contributed by atoms with Crippen LogP contribution in [0.25, 0.3) is 0 Å². The second-order valence-electron chi connectivity index (χ2n) is 3.70. The van der Waals surface area contributed by atoms with Crippen LogP contribution >= 0.6 is 11.3 Å². The van der Waals surface area contributed by atoms with Crippen molar-refractivity contribution in [3.05, 3.63) is 52.0 Å². The molecule has 2 nitrogen and oxygen atoms in total. The molecule has 0 aliphatic carbocycles. The Morgan fingerprint density at radius 3 is 2.88 bits per heavy atom. The van der Waals surface area contributed by atoms with Crippen molar-refractivity contribution < 1.29 is 9.13 Å². The highest BCUT2D eigenvalue weighted by Crippen LogP contribution is 2.15. The Balaban J connectivity index is 1.80. The Morgan fingerprint density at radius 2 is 2.12 bits per heavy atom. The first-order chi connectivity index (χ1) is 8.27. The van der Waals surface area contributed by atoms with Gasteiger partial charge in [-0.3, -0.25) is 0 Å². The average molecular weight is 251 g/mol. The quantitative estimate of drug-likeness (QED) is 0.654. The maximum absolute atomic E-state index is 13.5. The monoisotopic (exact) mass is 251 g/mol. The number of nitrogens with two attached hydrogens (primary N) is 1. The number of benzene rings is 1. The average Bonchev–Trinajstić information content (AvgIpc) is 2.83. The van der Waals surface area contributed by atoms with Crippen LogP contribution in [0.2, 0.25) is 0 Å². The summed E-state index contributed by atoms with van der Waals surface area (Å²) in [6.45, 7) is 0.858. The first kappa shape index (κ1) is 12.1. The van der Waals surface area contributed by atoms with Gasteiger partial charge in [-0.05, 0) is 17.5 Å². The molecular weight excluding hydrogens is 237 g/mol. The Hall–Kier alpha value is -1.39. The Morgan fingerprint density at radius 1 is 1.24 bits per heavy atom. The van der Waals surface area contributed by atoms with Crippen LogP contribution in [0.1, 0.15) is 10.4 Å². The lowest BCUT2D eigenvalue weighted by molar-refractivity contribution is 0.122. The molecule has 0 radical (unpaired) electrons. The molecule has 4 heteroatoms. The third-order valence-electron chi connectivity index (χ3n) is 2.44. The Labute approximate surface area is 104 Å². The fraction of sp³-hybridized carbons (Fsp3) is 0.231. The van der Waals surface area contributed by atoms with Gasteiger partial charge in [0.25, 0.3) is 0 Å². The lowest BCUT2D eigenvalue weighted by atomic mass is 10.2. The molecule has 0 aliphatic heterocycles. The Bertz CT molecular complexity index is 470. The Kier molecular flexibility index (Phi) is 4.12. The van der Waals surface area contributed by atoms with E-state index in [2.05, 4.69) is 6.07 Å². The lowest BCUT2D eigenvalue weighted by Crippen LogP contribution is -2.02. The highest BCUT2D eigenvalue weighted by molar-refractivity contribution is 7.09. The van der Waals surface area contributed by atoms with Crippen molar-refractivity contribution in [2.45, 2.75) is 13.0 Å². The summed E-state index contributed by atoms with van der Waals surface area (Å²) < 4.78 is 18.9. The second kappa shape index (κ2) is 5.80. The smallest absolute Gasteiger partial charge is 0.151 e. The van der Waals surface area contributed by atoms with E-state index in [1.165, 1.54) is 4.88 Å². The molecule has 17 heavy (non-hydrogen) atoms. The van der Waals surface area contributed by atoms with Gasteiger partial charge < -0.3 is 10.5 Å². The van der Waals surface area contributed by atoms with Crippen LogP contribution in [0, 0.1) is 5.82 Å². The maximum atomic E-state index is 13.5. The van der Waals surface area contributed by atoms with Crippen molar-refractivity contribution in [2.24, 2.45) is 0 Å². The third-order valence-corrected chi connectivity index (χ3v) is 3.38. The van der Waals surface area contributed by atoms with Gasteiger partial charge in [-0.15, -0.1) is 11.3 Å². The first-order valence-electron chi connectivity index (χ1n) is 5.40. The van der Waals surface area contributed by atoms with Gasteiger partial charge >= 0.3 is 0 Å². The largest absolute Gasteiger partial charge is 0.396 e. The fourth-order valence-corrected chi connectivity index (χ4v) is 2.21. The van der Waals surface area contributed by atoms with E-state index >= 15 is 0 Å². The molecule has 0 saturated heterocycles. The summed E-state index contributed by atoms with van der Waals surface area (Å²) in [7, 11) is 0. The molecule has 1 heterocycles. The lowest BCUT2D eigenvalue weighted by Gasteiger charge is -2.06. The van der Waals surface area contributed by atoms with Crippen molar-refractivity contribution >= 4 is 17.0 Å². The molecule has 1 aromatic carbocycles. The van der Waals surface area contributed by atoms with Crippen molar-refractivity contribution in [3.63, 3.8) is 0 Å². The van der Waals surface area contributed by atoms with E-state index in [0.29, 0.717) is 12.2 Å². The topological polar surface area (TPSA) is 35.2 Å². The van der Waals surface area contributed by atoms with E-state index in [9.17, 15) is 4.39 Å². The number of anilines is 1. The number of halogens is 1. The van der Waals surface area contributed by atoms with Gasteiger partial charge in [0.2, 0.25) is 0 Å². The van der Waals surface area contributed by atoms with E-state index < -0.39 is 0 Å². The fourth-order valence-electron chi connectivity index (χ4n) is 1.52. The van der Waals surface area contributed by atoms with E-state index in [0.717, 1.165) is 6.42 Å². The minimum Gasteiger partial charge on any atom is -0.396 e. The minimum absolute atomic E-state index is 0.171. The molecule has 2 aromatic rings. The van der Waals surface area contributed by atoms with Gasteiger partial charge in [0.15, 0.2) is 5.82 Å². The molecule has 0 saturated carbocycles. The highest BCUT2D eigenvalue weighted by atomic mass is 32.1. The summed E-state index contributed by atoms with van der Waals surface area (Å²) >= 11 is 1.70. The van der Waals surface area contributed by atoms with Crippen molar-refractivity contribution in [2.75, 3.05) is 12.3 Å². The maximum Gasteiger partial charge on any atom is 0.151 e. The summed E-state index contributed by atoms with van der Waals surface area (Å²) in [5, 5.41) is 2.03. The number of thiophene rings is 1. The van der Waals surface area contributed by atoms with Crippen LogP contribution in [0.5, 0.6) is 0 Å². The molecule has 0 aliphatic rings. The number of ether oxygens (including phenoxy) is 1. The number of nitrogen functional groups attached to an aromatic ring is 1. The molecule has 2 N–H and O–H groups in total. The molecule has 0 amide bonds. The highest BCUT2D eigenvalue weighted by Gasteiger charge is 2.05. The summed E-state index contributed by atoms with van der Waals surface area (Å²) in [6, 6.07) is 9.05. The van der Waals surface area contributed by atoms with Gasteiger partial charge in [-0.1, -0.05) is 18.2 Å². The molecule has 1 aromatic heterocycles. The van der Waals surface area contributed by atoms with E-state index in [-0.39, 0.29) is 18.1 Å². The predicted molar refractivity (Wildman–Crippen MR) is 68.5 cm³/mol. The van der Waals surface area contributed by atoms with E-state index in [1.54, 1.807) is 29.5 Å². The second-order valence-corrected chi connectivity index (χ2v) is 4.73. The number of rotatable bonds is 5. The molecule has 2 rings (SSSR count). The zero-order chi connectivity index (χ0) is 12.1. The van der Waals surface area contributed by atoms with Crippen LogP contribution in [-0.2, 0) is 17.8 Å². The van der Waals surface area contributed by atoms with Gasteiger partial charge in [0.1, 0.15) is 0 Å². The van der Waals surface area contributed by atoms with Crippen molar-refractivity contribution in [3.8, 4) is 0 Å². The standard InChI is InChI=1S/C13H14FNOS/c14-13-10(3-1-5-12(13)15)9-16-7-6-11-4-2-8-17-11/h1-5,8H,6-7,9,15H2. The van der Waals surface area contributed by atoms with Crippen LogP contribution in [-0.4, -0.2) is 6.61 Å². The third kappa shape index (κ3) is 3.28. The van der Waals surface area contributed by atoms with Crippen LogP contribution in [0.15, 0.2) is 35.7 Å². The molecule has 0 bridgehead atoms. The van der Waals surface area contributed by atoms with Crippen molar-refractivity contribution in [1.29, 1.82) is 0 Å². The minimum atomic E-state index is -0.372. The zero-order valence-corrected chi connectivity index (χ0v) is 10.2. The summed E-state index contributed by atoms with van der Waals surface area (Å²) in [4.78, 5) is 1.28. The summed E-state index contributed by atoms with van der Waals surface area (Å²) in [6.07, 6.45) is 0.863. The number of hydrogen-bond acceptors (Lipinski definition) is 3. The van der Waals surface area contributed by atoms with Gasteiger partial charge in [0.05, 0.1) is 18.9 Å². The van der Waals surface area contributed by atoms with Crippen molar-refractivity contribution in [1.82, 2.24) is 0 Å². The predicted octanol–water partition coefficient (Wildman–Crippen LogP) is 3.23. The molecule has 0 unspecified atom stereocenters. The molecule has 0 fully saturated rings. The van der Waals surface area contributed by atoms with Gasteiger partial charge in [-0.25, -0.2) is 4.39 Å². The van der Waals surface area contributed by atoms with Crippen LogP contribution in [0.3, 0.4) is 0 Å². The van der Waals surface area contributed by atoms with E-state index in [1.807, 2.05) is 11.4 Å². The van der Waals surface area contributed by atoms with Gasteiger partial charge in [0, 0.05) is 16.9 Å². The SMILES string of the molecule is Nc1cccc(COCCc2cccs2)c1F. The van der Waals surface area contributed by atoms with E-state index in [4.69, 9.17) is 10.5 Å². The van der Waals surface area contributed by atoms with Gasteiger partial charge in [-0.2, -0.15) is 0 Å². The molecular formula is C13H14FNOS. The van der Waals surface area contributed by atoms with Crippen LogP contribution < -0.4 is 5.73 Å².